The molecule has 0 aromatic heterocycles. The van der Waals surface area contributed by atoms with Crippen molar-refractivity contribution in [2.24, 2.45) is 0 Å². The van der Waals surface area contributed by atoms with Crippen LogP contribution in [0.2, 0.25) is 0 Å². The van der Waals surface area contributed by atoms with Crippen LogP contribution in [0, 0.1) is 0 Å². The van der Waals surface area contributed by atoms with Gasteiger partial charge in [0, 0.05) is 28.2 Å². The minimum absolute atomic E-state index is 0.242. The third-order valence-corrected chi connectivity index (χ3v) is 15.6. The molecule has 2 aliphatic carbocycles. The molecule has 0 saturated carbocycles. The molecule has 0 atom stereocenters. The predicted molar refractivity (Wildman–Crippen MR) is 293 cm³/mol. The number of nitrogens with zero attached hydrogens (tertiary/aromatic N) is 2. The van der Waals surface area contributed by atoms with E-state index in [-0.39, 0.29) is 5.41 Å². The first kappa shape index (κ1) is 40.4. The van der Waals surface area contributed by atoms with Crippen LogP contribution < -0.4 is 9.80 Å². The summed E-state index contributed by atoms with van der Waals surface area (Å²) in [5.41, 5.74) is 24.0. The van der Waals surface area contributed by atoms with Crippen molar-refractivity contribution in [1.29, 1.82) is 0 Å². The molecule has 0 radical (unpaired) electrons. The van der Waals surface area contributed by atoms with Gasteiger partial charge in [-0.2, -0.15) is 0 Å². The monoisotopic (exact) mass is 892 g/mol. The summed E-state index contributed by atoms with van der Waals surface area (Å²) in [7, 11) is 0. The first-order chi connectivity index (χ1) is 34.5. The van der Waals surface area contributed by atoms with Gasteiger partial charge in [0.05, 0.1) is 16.8 Å². The smallest absolute Gasteiger partial charge is 0.0755 e. The lowest BCUT2D eigenvalue weighted by atomic mass is 9.64. The maximum absolute atomic E-state index is 2.51. The molecule has 0 amide bonds. The third-order valence-electron chi connectivity index (χ3n) is 15.6. The molecule has 1 aliphatic heterocycles. The Labute approximate surface area is 410 Å². The van der Waals surface area contributed by atoms with Crippen LogP contribution in [0.5, 0.6) is 0 Å². The number of benzene rings is 11. The van der Waals surface area contributed by atoms with Crippen molar-refractivity contribution in [3.8, 4) is 44.5 Å². The Morgan fingerprint density at radius 2 is 0.786 bits per heavy atom. The predicted octanol–water partition coefficient (Wildman–Crippen LogP) is 18.1. The van der Waals surface area contributed by atoms with Crippen molar-refractivity contribution in [1.82, 2.24) is 0 Å². The van der Waals surface area contributed by atoms with Crippen LogP contribution >= 0.6 is 0 Å². The van der Waals surface area contributed by atoms with Crippen LogP contribution in [-0.4, -0.2) is 0 Å². The van der Waals surface area contributed by atoms with Gasteiger partial charge < -0.3 is 9.80 Å². The largest absolute Gasteiger partial charge is 0.310 e. The zero-order valence-electron chi connectivity index (χ0n) is 39.1. The van der Waals surface area contributed by atoms with E-state index in [2.05, 4.69) is 278 Å². The SMILES string of the molecule is CC1(C)c2cc(-c3cccc4ccccc34)ccc2-c2ccc(N(c3ccc(-c4ccccc4)cc3)c3ccc4c(c3)C3(c5ccccc5-4)c4ccccc4N(c4ccccc4)c4ccccc43)cc21. The Morgan fingerprint density at radius 3 is 1.50 bits per heavy atom. The van der Waals surface area contributed by atoms with Gasteiger partial charge in [0.1, 0.15) is 0 Å². The standard InChI is InChI=1S/C68H48N2/c1-67(2)62-42-48(54-26-17-21-47-20-9-10-24-53(47)54)34-39-56(62)57-40-37-51(43-63(57)67)69(50-35-32-46(33-36-50)45-18-5-3-6-19-45)52-38-41-58-55-25-11-12-27-59(55)68(64(58)44-52)60-28-13-15-30-65(60)70(49-22-7-4-8-23-49)66-31-16-14-29-61(66)68/h3-44H,1-2H3. The zero-order valence-corrected chi connectivity index (χ0v) is 39.1. The van der Waals surface area contributed by atoms with Crippen molar-refractivity contribution in [3.63, 3.8) is 0 Å². The van der Waals surface area contributed by atoms with Gasteiger partial charge in [-0.15, -0.1) is 0 Å². The van der Waals surface area contributed by atoms with Crippen molar-refractivity contribution < 1.29 is 0 Å². The van der Waals surface area contributed by atoms with Gasteiger partial charge in [0.25, 0.3) is 0 Å². The van der Waals surface area contributed by atoms with Gasteiger partial charge in [-0.3, -0.25) is 0 Å². The minimum Gasteiger partial charge on any atom is -0.310 e. The first-order valence-electron chi connectivity index (χ1n) is 24.5. The van der Waals surface area contributed by atoms with E-state index in [0.29, 0.717) is 0 Å². The van der Waals surface area contributed by atoms with Crippen LogP contribution in [0.3, 0.4) is 0 Å². The summed E-state index contributed by atoms with van der Waals surface area (Å²) in [6.07, 6.45) is 0. The quantitative estimate of drug-likeness (QED) is 0.164. The average Bonchev–Trinajstić information content (AvgIpc) is 3.83. The van der Waals surface area contributed by atoms with E-state index in [9.17, 15) is 0 Å². The molecule has 2 nitrogen and oxygen atoms in total. The average molecular weight is 893 g/mol. The molecule has 3 aliphatic rings. The number of hydrogen-bond acceptors (Lipinski definition) is 2. The highest BCUT2D eigenvalue weighted by molar-refractivity contribution is 5.99. The van der Waals surface area contributed by atoms with Gasteiger partial charge in [-0.1, -0.05) is 202 Å². The molecule has 0 saturated heterocycles. The molecule has 1 heterocycles. The second-order valence-electron chi connectivity index (χ2n) is 19.6. The number of anilines is 6. The van der Waals surface area contributed by atoms with Gasteiger partial charge in [0.2, 0.25) is 0 Å². The number of rotatable bonds is 6. The van der Waals surface area contributed by atoms with Crippen LogP contribution in [0.1, 0.15) is 47.2 Å². The molecule has 0 bridgehead atoms. The Hall–Kier alpha value is -8.72. The molecule has 0 N–H and O–H groups in total. The molecule has 11 aromatic carbocycles. The van der Waals surface area contributed by atoms with E-state index in [4.69, 9.17) is 0 Å². The van der Waals surface area contributed by atoms with Gasteiger partial charge in [-0.25, -0.2) is 0 Å². The Morgan fingerprint density at radius 1 is 0.314 bits per heavy atom. The second kappa shape index (κ2) is 15.4. The number of para-hydroxylation sites is 3. The molecule has 0 fully saturated rings. The summed E-state index contributed by atoms with van der Waals surface area (Å²) < 4.78 is 0. The van der Waals surface area contributed by atoms with E-state index in [1.165, 1.54) is 100 Å². The molecule has 11 aromatic rings. The second-order valence-corrected chi connectivity index (χ2v) is 19.6. The van der Waals surface area contributed by atoms with Crippen molar-refractivity contribution >= 4 is 44.9 Å². The van der Waals surface area contributed by atoms with Crippen LogP contribution in [0.4, 0.5) is 34.1 Å². The maximum atomic E-state index is 2.51. The van der Waals surface area contributed by atoms with E-state index in [1.807, 2.05) is 0 Å². The molecular formula is C68H48N2. The van der Waals surface area contributed by atoms with Gasteiger partial charge in [0.15, 0.2) is 0 Å². The summed E-state index contributed by atoms with van der Waals surface area (Å²) in [5.74, 6) is 0. The molecule has 1 spiro atoms. The minimum atomic E-state index is -0.577. The molecule has 14 rings (SSSR count). The van der Waals surface area contributed by atoms with E-state index in [1.54, 1.807) is 0 Å². The van der Waals surface area contributed by atoms with Crippen molar-refractivity contribution in [2.45, 2.75) is 24.7 Å². The van der Waals surface area contributed by atoms with Gasteiger partial charge >= 0.3 is 0 Å². The highest BCUT2D eigenvalue weighted by atomic mass is 15.2. The zero-order chi connectivity index (χ0) is 46.6. The van der Waals surface area contributed by atoms with Crippen LogP contribution in [-0.2, 0) is 10.8 Å². The van der Waals surface area contributed by atoms with E-state index >= 15 is 0 Å². The molecule has 2 heteroatoms. The lowest BCUT2D eigenvalue weighted by Crippen LogP contribution is -2.36. The first-order valence-corrected chi connectivity index (χ1v) is 24.5. The Kier molecular flexibility index (Phi) is 8.88. The fraction of sp³-hybridized carbons (Fsp3) is 0.0588. The lowest BCUT2D eigenvalue weighted by Gasteiger charge is -2.45. The summed E-state index contributed by atoms with van der Waals surface area (Å²) in [4.78, 5) is 4.94. The lowest BCUT2D eigenvalue weighted by molar-refractivity contribution is 0.660. The molecule has 70 heavy (non-hydrogen) atoms. The fourth-order valence-corrected chi connectivity index (χ4v) is 12.5. The van der Waals surface area contributed by atoms with E-state index < -0.39 is 5.41 Å². The maximum Gasteiger partial charge on any atom is 0.0755 e. The summed E-state index contributed by atoms with van der Waals surface area (Å²) >= 11 is 0. The molecular weight excluding hydrogens is 845 g/mol. The number of fused-ring (bicyclic) bond motifs is 13. The summed E-state index contributed by atoms with van der Waals surface area (Å²) in [6, 6.07) is 94.9. The van der Waals surface area contributed by atoms with Gasteiger partial charge in [-0.05, 0) is 155 Å². The molecule has 0 unspecified atom stereocenters. The number of hydrogen-bond donors (Lipinski definition) is 0. The fourth-order valence-electron chi connectivity index (χ4n) is 12.5. The van der Waals surface area contributed by atoms with Crippen molar-refractivity contribution in [3.05, 3.63) is 288 Å². The van der Waals surface area contributed by atoms with Crippen molar-refractivity contribution in [2.75, 3.05) is 9.80 Å². The Balaban J connectivity index is 0.965. The van der Waals surface area contributed by atoms with E-state index in [0.717, 1.165) is 22.7 Å². The summed E-state index contributed by atoms with van der Waals surface area (Å²) in [5, 5.41) is 2.54. The topological polar surface area (TPSA) is 6.48 Å². The highest BCUT2D eigenvalue weighted by Crippen LogP contribution is 2.64. The summed E-state index contributed by atoms with van der Waals surface area (Å²) in [6.45, 7) is 4.81. The van der Waals surface area contributed by atoms with Crippen LogP contribution in [0.15, 0.2) is 255 Å². The third kappa shape index (κ3) is 5.80. The normalized spacial score (nSPS) is 14.1. The Bertz CT molecular complexity index is 3810. The highest BCUT2D eigenvalue weighted by Gasteiger charge is 2.52. The van der Waals surface area contributed by atoms with Crippen LogP contribution in [0.25, 0.3) is 55.3 Å². The molecule has 330 valence electrons.